The topological polar surface area (TPSA) is 88.8 Å². The molecule has 1 unspecified atom stereocenters. The number of fused-ring (bicyclic) bond motifs is 1. The second kappa shape index (κ2) is 10.0. The van der Waals surface area contributed by atoms with Crippen LogP contribution in [0.15, 0.2) is 77.5 Å². The standard InChI is InChI=1S/C26H23FN4O4/c27-19-9-7-18(8-10-19)25(32)31(15-20-4-3-12-34-20)17-21-16-30(11-13-35-21)26(33)24-14-28-22-5-1-2-6-23(22)29-24/h1-10,12,14,21H,11,13,15-17H2. The molecule has 0 radical (unpaired) electrons. The molecule has 9 heteroatoms. The summed E-state index contributed by atoms with van der Waals surface area (Å²) in [5, 5.41) is 0. The number of benzene rings is 2. The van der Waals surface area contributed by atoms with Gasteiger partial charge in [-0.1, -0.05) is 12.1 Å². The van der Waals surface area contributed by atoms with E-state index in [0.717, 1.165) is 5.52 Å². The van der Waals surface area contributed by atoms with Crippen LogP contribution in [0.1, 0.15) is 26.6 Å². The van der Waals surface area contributed by atoms with Gasteiger partial charge in [-0.05, 0) is 48.5 Å². The van der Waals surface area contributed by atoms with Crippen molar-refractivity contribution >= 4 is 22.8 Å². The van der Waals surface area contributed by atoms with Crippen molar-refractivity contribution in [2.24, 2.45) is 0 Å². The molecular weight excluding hydrogens is 451 g/mol. The summed E-state index contributed by atoms with van der Waals surface area (Å²) in [4.78, 5) is 38.4. The number of morpholine rings is 1. The number of hydrogen-bond donors (Lipinski definition) is 0. The van der Waals surface area contributed by atoms with Crippen molar-refractivity contribution in [2.45, 2.75) is 12.6 Å². The van der Waals surface area contributed by atoms with Crippen LogP contribution in [0.4, 0.5) is 4.39 Å². The highest BCUT2D eigenvalue weighted by Gasteiger charge is 2.29. The molecule has 35 heavy (non-hydrogen) atoms. The smallest absolute Gasteiger partial charge is 0.274 e. The average Bonchev–Trinajstić information content (AvgIpc) is 3.41. The average molecular weight is 474 g/mol. The molecular formula is C26H23FN4O4. The van der Waals surface area contributed by atoms with Crippen molar-refractivity contribution in [3.05, 3.63) is 96.0 Å². The van der Waals surface area contributed by atoms with E-state index in [-0.39, 0.29) is 30.6 Å². The maximum atomic E-state index is 13.4. The molecule has 2 aromatic carbocycles. The van der Waals surface area contributed by atoms with Crippen molar-refractivity contribution in [2.75, 3.05) is 26.2 Å². The Morgan fingerprint density at radius 3 is 2.63 bits per heavy atom. The van der Waals surface area contributed by atoms with Gasteiger partial charge in [0.15, 0.2) is 0 Å². The van der Waals surface area contributed by atoms with E-state index < -0.39 is 11.9 Å². The zero-order valence-electron chi connectivity index (χ0n) is 18.8. The number of hydrogen-bond acceptors (Lipinski definition) is 6. The van der Waals surface area contributed by atoms with Gasteiger partial charge in [0.1, 0.15) is 17.3 Å². The lowest BCUT2D eigenvalue weighted by Crippen LogP contribution is -2.50. The molecule has 178 valence electrons. The Balaban J connectivity index is 1.31. The molecule has 4 aromatic rings. The molecule has 1 aliphatic heterocycles. The van der Waals surface area contributed by atoms with Crippen LogP contribution in [0.2, 0.25) is 0 Å². The molecule has 0 N–H and O–H groups in total. The zero-order valence-corrected chi connectivity index (χ0v) is 18.8. The summed E-state index contributed by atoms with van der Waals surface area (Å²) >= 11 is 0. The van der Waals surface area contributed by atoms with E-state index in [0.29, 0.717) is 36.5 Å². The lowest BCUT2D eigenvalue weighted by molar-refractivity contribution is -0.0345. The van der Waals surface area contributed by atoms with Crippen molar-refractivity contribution < 1.29 is 23.1 Å². The number of carbonyl (C=O) groups is 2. The maximum absolute atomic E-state index is 13.4. The van der Waals surface area contributed by atoms with Crippen LogP contribution in [0.5, 0.6) is 0 Å². The maximum Gasteiger partial charge on any atom is 0.274 e. The lowest BCUT2D eigenvalue weighted by Gasteiger charge is -2.35. The molecule has 2 aromatic heterocycles. The number of aromatic nitrogens is 2. The number of nitrogens with zero attached hydrogens (tertiary/aromatic N) is 4. The highest BCUT2D eigenvalue weighted by atomic mass is 19.1. The first-order chi connectivity index (χ1) is 17.1. The van der Waals surface area contributed by atoms with Gasteiger partial charge >= 0.3 is 0 Å². The van der Waals surface area contributed by atoms with E-state index in [9.17, 15) is 14.0 Å². The predicted molar refractivity (Wildman–Crippen MR) is 125 cm³/mol. The van der Waals surface area contributed by atoms with Crippen LogP contribution in [0.3, 0.4) is 0 Å². The molecule has 5 rings (SSSR count). The van der Waals surface area contributed by atoms with E-state index in [4.69, 9.17) is 9.15 Å². The van der Waals surface area contributed by atoms with Crippen molar-refractivity contribution in [3.63, 3.8) is 0 Å². The van der Waals surface area contributed by atoms with Crippen LogP contribution in [0.25, 0.3) is 11.0 Å². The fourth-order valence-electron chi connectivity index (χ4n) is 4.07. The van der Waals surface area contributed by atoms with E-state index in [1.54, 1.807) is 21.9 Å². The second-order valence-corrected chi connectivity index (χ2v) is 8.26. The van der Waals surface area contributed by atoms with Gasteiger partial charge in [-0.15, -0.1) is 0 Å². The third-order valence-electron chi connectivity index (χ3n) is 5.82. The summed E-state index contributed by atoms with van der Waals surface area (Å²) in [5.74, 6) is -0.329. The minimum atomic E-state index is -0.416. The summed E-state index contributed by atoms with van der Waals surface area (Å²) < 4.78 is 24.7. The molecule has 0 aliphatic carbocycles. The summed E-state index contributed by atoms with van der Waals surface area (Å²) in [5.41, 5.74) is 1.99. The van der Waals surface area contributed by atoms with Gasteiger partial charge < -0.3 is 19.0 Å². The quantitative estimate of drug-likeness (QED) is 0.425. The van der Waals surface area contributed by atoms with Crippen LogP contribution in [-0.2, 0) is 11.3 Å². The second-order valence-electron chi connectivity index (χ2n) is 8.26. The predicted octanol–water partition coefficient (Wildman–Crippen LogP) is 3.55. The minimum Gasteiger partial charge on any atom is -0.467 e. The van der Waals surface area contributed by atoms with Crippen molar-refractivity contribution in [3.8, 4) is 0 Å². The number of ether oxygens (including phenoxy) is 1. The van der Waals surface area contributed by atoms with E-state index in [2.05, 4.69) is 9.97 Å². The number of amides is 2. The van der Waals surface area contributed by atoms with Crippen LogP contribution in [0, 0.1) is 5.82 Å². The fourth-order valence-corrected chi connectivity index (χ4v) is 4.07. The van der Waals surface area contributed by atoms with Crippen LogP contribution >= 0.6 is 0 Å². The SMILES string of the molecule is O=C(c1ccc(F)cc1)N(Cc1ccco1)CC1CN(C(=O)c2cnc3ccccc3n2)CCO1. The number of rotatable bonds is 6. The number of halogens is 1. The third kappa shape index (κ3) is 5.20. The Bertz CT molecular complexity index is 1330. The fraction of sp³-hybridized carbons (Fsp3) is 0.231. The van der Waals surface area contributed by atoms with Gasteiger partial charge in [0.25, 0.3) is 11.8 Å². The Kier molecular flexibility index (Phi) is 6.49. The zero-order chi connectivity index (χ0) is 24.2. The largest absolute Gasteiger partial charge is 0.467 e. The van der Waals surface area contributed by atoms with Gasteiger partial charge in [-0.25, -0.2) is 9.37 Å². The molecule has 0 saturated carbocycles. The Morgan fingerprint density at radius 1 is 1.06 bits per heavy atom. The minimum absolute atomic E-state index is 0.215. The number of carbonyl (C=O) groups excluding carboxylic acids is 2. The summed E-state index contributed by atoms with van der Waals surface area (Å²) in [6.07, 6.45) is 2.61. The van der Waals surface area contributed by atoms with Gasteiger partial charge in [0, 0.05) is 25.2 Å². The number of para-hydroxylation sites is 2. The molecule has 0 spiro atoms. The van der Waals surface area contributed by atoms with Gasteiger partial charge in [-0.2, -0.15) is 0 Å². The molecule has 1 atom stereocenters. The molecule has 1 saturated heterocycles. The van der Waals surface area contributed by atoms with Crippen molar-refractivity contribution in [1.29, 1.82) is 0 Å². The van der Waals surface area contributed by atoms with Gasteiger partial charge in [-0.3, -0.25) is 14.6 Å². The molecule has 2 amide bonds. The first-order valence-electron chi connectivity index (χ1n) is 11.3. The Labute approximate surface area is 200 Å². The van der Waals surface area contributed by atoms with E-state index >= 15 is 0 Å². The first-order valence-corrected chi connectivity index (χ1v) is 11.3. The summed E-state index contributed by atoms with van der Waals surface area (Å²) in [6, 6.07) is 16.3. The van der Waals surface area contributed by atoms with Gasteiger partial charge in [0.2, 0.25) is 0 Å². The molecule has 8 nitrogen and oxygen atoms in total. The van der Waals surface area contributed by atoms with E-state index in [1.807, 2.05) is 24.3 Å². The number of furan rings is 1. The van der Waals surface area contributed by atoms with E-state index in [1.165, 1.54) is 36.7 Å². The van der Waals surface area contributed by atoms with Crippen LogP contribution in [-0.4, -0.2) is 63.9 Å². The monoisotopic (exact) mass is 474 g/mol. The summed E-state index contributed by atoms with van der Waals surface area (Å²) in [6.45, 7) is 1.47. The van der Waals surface area contributed by atoms with Gasteiger partial charge in [0.05, 0.1) is 42.7 Å². The molecule has 1 fully saturated rings. The molecule has 1 aliphatic rings. The Morgan fingerprint density at radius 2 is 1.86 bits per heavy atom. The lowest BCUT2D eigenvalue weighted by atomic mass is 10.1. The Hall–Kier alpha value is -4.11. The highest BCUT2D eigenvalue weighted by molar-refractivity contribution is 5.94. The molecule has 0 bridgehead atoms. The third-order valence-corrected chi connectivity index (χ3v) is 5.82. The molecule has 3 heterocycles. The van der Waals surface area contributed by atoms with Crippen molar-refractivity contribution in [1.82, 2.24) is 19.8 Å². The normalized spacial score (nSPS) is 15.8. The van der Waals surface area contributed by atoms with Crippen LogP contribution < -0.4 is 0 Å². The highest BCUT2D eigenvalue weighted by Crippen LogP contribution is 2.17. The first kappa shape index (κ1) is 22.7. The summed E-state index contributed by atoms with van der Waals surface area (Å²) in [7, 11) is 0.